The van der Waals surface area contributed by atoms with Crippen LogP contribution in [0.15, 0.2) is 57.5 Å². The molecule has 0 aliphatic rings. The largest absolute Gasteiger partial charge is 0.468 e. The van der Waals surface area contributed by atoms with Gasteiger partial charge in [0.15, 0.2) is 5.96 Å². The van der Waals surface area contributed by atoms with Crippen molar-refractivity contribution >= 4 is 17.3 Å². The Morgan fingerprint density at radius 1 is 1.13 bits per heavy atom. The first-order chi connectivity index (χ1) is 15.0. The molecule has 166 valence electrons. The van der Waals surface area contributed by atoms with Crippen LogP contribution in [0, 0.1) is 0 Å². The topological polar surface area (TPSA) is 65.7 Å². The Bertz CT molecular complexity index is 949. The van der Waals surface area contributed by atoms with Crippen molar-refractivity contribution in [3.63, 3.8) is 0 Å². The molecule has 2 heterocycles. The summed E-state index contributed by atoms with van der Waals surface area (Å²) in [5.74, 6) is 2.23. The average Bonchev–Trinajstić information content (AvgIpc) is 3.43. The Balaban J connectivity index is 1.61. The van der Waals surface area contributed by atoms with E-state index in [4.69, 9.17) is 14.4 Å². The normalized spacial score (nSPS) is 12.0. The van der Waals surface area contributed by atoms with Gasteiger partial charge >= 0.3 is 0 Å². The number of benzene rings is 1. The summed E-state index contributed by atoms with van der Waals surface area (Å²) in [6.45, 7) is 10.1. The van der Waals surface area contributed by atoms with Crippen molar-refractivity contribution in [1.29, 1.82) is 0 Å². The number of nitrogens with one attached hydrogen (secondary N) is 2. The molecule has 3 rings (SSSR count). The molecule has 0 unspecified atom stereocenters. The molecule has 0 saturated carbocycles. The van der Waals surface area contributed by atoms with Crippen LogP contribution in [0.25, 0.3) is 0 Å². The zero-order valence-electron chi connectivity index (χ0n) is 18.9. The number of hydrogen-bond acceptors (Lipinski definition) is 5. The lowest BCUT2D eigenvalue weighted by molar-refractivity contribution is 0.287. The molecule has 31 heavy (non-hydrogen) atoms. The van der Waals surface area contributed by atoms with Crippen molar-refractivity contribution in [2.45, 2.75) is 52.9 Å². The smallest absolute Gasteiger partial charge is 0.191 e. The fourth-order valence-electron chi connectivity index (χ4n) is 3.22. The Hall–Kier alpha value is -2.64. The lowest BCUT2D eigenvalue weighted by Gasteiger charge is -2.17. The number of hydrogen-bond donors (Lipinski definition) is 2. The fraction of sp³-hybridized carbons (Fsp3) is 0.417. The monoisotopic (exact) mass is 439 g/mol. The van der Waals surface area contributed by atoms with Gasteiger partial charge in [0.2, 0.25) is 0 Å². The van der Waals surface area contributed by atoms with Crippen LogP contribution in [0.2, 0.25) is 0 Å². The summed E-state index contributed by atoms with van der Waals surface area (Å²) < 4.78 is 5.47. The van der Waals surface area contributed by atoms with E-state index in [0.29, 0.717) is 19.0 Å². The molecule has 0 saturated heterocycles. The average molecular weight is 440 g/mol. The van der Waals surface area contributed by atoms with E-state index in [9.17, 15) is 0 Å². The fourth-order valence-corrected chi connectivity index (χ4v) is 4.11. The lowest BCUT2D eigenvalue weighted by atomic mass is 10.1. The third kappa shape index (κ3) is 7.22. The van der Waals surface area contributed by atoms with Crippen LogP contribution in [0.3, 0.4) is 0 Å². The second-order valence-corrected chi connectivity index (χ2v) is 8.83. The summed E-state index contributed by atoms with van der Waals surface area (Å²) in [5.41, 5.74) is 3.65. The van der Waals surface area contributed by atoms with E-state index >= 15 is 0 Å². The van der Waals surface area contributed by atoms with Crippen molar-refractivity contribution in [2.75, 3.05) is 13.6 Å². The Morgan fingerprint density at radius 3 is 2.61 bits per heavy atom. The Kier molecular flexibility index (Phi) is 8.67. The van der Waals surface area contributed by atoms with Crippen LogP contribution >= 0.6 is 11.3 Å². The van der Waals surface area contributed by atoms with Gasteiger partial charge in [-0.1, -0.05) is 38.1 Å². The molecule has 0 atom stereocenters. The molecular weight excluding hydrogens is 406 g/mol. The van der Waals surface area contributed by atoms with Gasteiger partial charge in [0.05, 0.1) is 31.6 Å². The maximum Gasteiger partial charge on any atom is 0.191 e. The van der Waals surface area contributed by atoms with Crippen LogP contribution in [0.4, 0.5) is 0 Å². The summed E-state index contributed by atoms with van der Waals surface area (Å²) in [6.07, 6.45) is 1.72. The highest BCUT2D eigenvalue weighted by Crippen LogP contribution is 2.18. The summed E-state index contributed by atoms with van der Waals surface area (Å²) in [7, 11) is 2.10. The van der Waals surface area contributed by atoms with Gasteiger partial charge in [0.25, 0.3) is 0 Å². The first kappa shape index (κ1) is 23.0. The number of guanidine groups is 1. The first-order valence-electron chi connectivity index (χ1n) is 10.8. The molecule has 3 aromatic rings. The predicted molar refractivity (Wildman–Crippen MR) is 128 cm³/mol. The number of aliphatic imine (C=N–C) groups is 1. The number of thiazole rings is 1. The van der Waals surface area contributed by atoms with Crippen molar-refractivity contribution in [2.24, 2.45) is 4.99 Å². The molecule has 0 amide bonds. The van der Waals surface area contributed by atoms with E-state index in [2.05, 4.69) is 73.0 Å². The zero-order chi connectivity index (χ0) is 22.1. The third-order valence-electron chi connectivity index (χ3n) is 4.88. The van der Waals surface area contributed by atoms with E-state index in [1.807, 2.05) is 12.1 Å². The summed E-state index contributed by atoms with van der Waals surface area (Å²) in [5, 5.41) is 9.97. The van der Waals surface area contributed by atoms with Gasteiger partial charge in [-0.05, 0) is 43.1 Å². The first-order valence-corrected chi connectivity index (χ1v) is 11.7. The summed E-state index contributed by atoms with van der Waals surface area (Å²) in [4.78, 5) is 11.8. The third-order valence-corrected chi connectivity index (χ3v) is 5.75. The van der Waals surface area contributed by atoms with Crippen LogP contribution < -0.4 is 10.6 Å². The molecule has 7 heteroatoms. The van der Waals surface area contributed by atoms with Gasteiger partial charge in [-0.15, -0.1) is 11.3 Å². The van der Waals surface area contributed by atoms with Crippen molar-refractivity contribution in [3.8, 4) is 0 Å². The van der Waals surface area contributed by atoms with Gasteiger partial charge in [-0.2, -0.15) is 0 Å². The summed E-state index contributed by atoms with van der Waals surface area (Å²) >= 11 is 1.69. The Labute approximate surface area is 189 Å². The van der Waals surface area contributed by atoms with E-state index < -0.39 is 0 Å². The molecule has 2 N–H and O–H groups in total. The van der Waals surface area contributed by atoms with Crippen molar-refractivity contribution < 1.29 is 4.42 Å². The molecule has 0 aliphatic heterocycles. The van der Waals surface area contributed by atoms with Gasteiger partial charge in [-0.25, -0.2) is 9.98 Å². The maximum absolute atomic E-state index is 5.47. The van der Waals surface area contributed by atoms with E-state index in [1.54, 1.807) is 17.6 Å². The highest BCUT2D eigenvalue weighted by Gasteiger charge is 2.09. The molecular formula is C24H33N5OS. The standard InChI is InChI=1S/C24H33N5OS/c1-5-25-24(27-14-23-28-22(17-31-23)18(2)3)26-13-19-9-6-7-10-20(19)15-29(4)16-21-11-8-12-30-21/h6-12,17-18H,5,13-16H2,1-4H3,(H2,25,26,27). The highest BCUT2D eigenvalue weighted by atomic mass is 32.1. The van der Waals surface area contributed by atoms with Crippen LogP contribution in [-0.4, -0.2) is 29.4 Å². The quantitative estimate of drug-likeness (QED) is 0.353. The minimum atomic E-state index is 0.453. The molecule has 0 fully saturated rings. The molecule has 0 spiro atoms. The van der Waals surface area contributed by atoms with Gasteiger partial charge < -0.3 is 15.1 Å². The molecule has 0 bridgehead atoms. The van der Waals surface area contributed by atoms with Crippen LogP contribution in [0.5, 0.6) is 0 Å². The molecule has 6 nitrogen and oxygen atoms in total. The highest BCUT2D eigenvalue weighted by molar-refractivity contribution is 7.09. The van der Waals surface area contributed by atoms with Crippen LogP contribution in [0.1, 0.15) is 54.3 Å². The second-order valence-electron chi connectivity index (χ2n) is 7.89. The Morgan fingerprint density at radius 2 is 1.94 bits per heavy atom. The van der Waals surface area contributed by atoms with E-state index in [0.717, 1.165) is 42.1 Å². The maximum atomic E-state index is 5.47. The van der Waals surface area contributed by atoms with E-state index in [1.165, 1.54) is 11.1 Å². The minimum Gasteiger partial charge on any atom is -0.468 e. The van der Waals surface area contributed by atoms with Gasteiger partial charge in [-0.3, -0.25) is 4.90 Å². The lowest BCUT2D eigenvalue weighted by Crippen LogP contribution is -2.36. The number of nitrogens with zero attached hydrogens (tertiary/aromatic N) is 3. The van der Waals surface area contributed by atoms with Crippen LogP contribution in [-0.2, 0) is 26.2 Å². The minimum absolute atomic E-state index is 0.453. The number of aromatic nitrogens is 1. The van der Waals surface area contributed by atoms with Crippen molar-refractivity contribution in [3.05, 3.63) is 75.6 Å². The SMILES string of the molecule is CCNC(=NCc1ccccc1CN(C)Cc1ccco1)NCc1nc(C(C)C)cs1. The molecule has 1 aromatic carbocycles. The molecule has 2 aromatic heterocycles. The van der Waals surface area contributed by atoms with Gasteiger partial charge in [0.1, 0.15) is 10.8 Å². The number of rotatable bonds is 10. The molecule has 0 aliphatic carbocycles. The second kappa shape index (κ2) is 11.7. The summed E-state index contributed by atoms with van der Waals surface area (Å²) in [6, 6.07) is 12.4. The zero-order valence-corrected chi connectivity index (χ0v) is 19.7. The van der Waals surface area contributed by atoms with Gasteiger partial charge in [0, 0.05) is 18.5 Å². The predicted octanol–water partition coefficient (Wildman–Crippen LogP) is 4.75. The van der Waals surface area contributed by atoms with Crippen molar-refractivity contribution in [1.82, 2.24) is 20.5 Å². The van der Waals surface area contributed by atoms with E-state index in [-0.39, 0.29) is 0 Å². The molecule has 0 radical (unpaired) electrons. The number of furan rings is 1.